The third-order valence-electron chi connectivity index (χ3n) is 3.11. The molecule has 1 heterocycles. The van der Waals surface area contributed by atoms with E-state index in [1.54, 1.807) is 12.1 Å². The quantitative estimate of drug-likeness (QED) is 0.582. The molecule has 5 heteroatoms. The summed E-state index contributed by atoms with van der Waals surface area (Å²) in [5.74, 6) is 5.63. The highest BCUT2D eigenvalue weighted by Crippen LogP contribution is 2.14. The first-order valence-electron chi connectivity index (χ1n) is 6.98. The third-order valence-corrected chi connectivity index (χ3v) is 3.11. The Hall–Kier alpha value is -2.40. The van der Waals surface area contributed by atoms with Crippen LogP contribution < -0.4 is 16.6 Å². The Kier molecular flexibility index (Phi) is 4.90. The molecule has 1 aromatic heterocycles. The first kappa shape index (κ1) is 15.0. The molecule has 1 aromatic carbocycles. The minimum Gasteiger partial charge on any atom is -0.322 e. The summed E-state index contributed by atoms with van der Waals surface area (Å²) < 4.78 is 0. The van der Waals surface area contributed by atoms with E-state index in [2.05, 4.69) is 22.7 Å². The van der Waals surface area contributed by atoms with Gasteiger partial charge in [0, 0.05) is 16.9 Å². The lowest BCUT2D eigenvalue weighted by Gasteiger charge is -2.08. The van der Waals surface area contributed by atoms with Gasteiger partial charge in [0.2, 0.25) is 0 Å². The maximum Gasteiger partial charge on any atom is 0.255 e. The standard InChI is InChI=1S/C16H20N4O/c1-3-4-12-5-7-14(8-6-12)19-16(21)13-9-11(2)18-15(10-13)20-17/h5-10H,3-4,17H2,1-2H3,(H,18,20)(H,19,21). The van der Waals surface area contributed by atoms with E-state index in [0.29, 0.717) is 11.4 Å². The maximum atomic E-state index is 12.2. The zero-order chi connectivity index (χ0) is 15.2. The van der Waals surface area contributed by atoms with Crippen LogP contribution >= 0.6 is 0 Å². The highest BCUT2D eigenvalue weighted by atomic mass is 16.1. The molecular formula is C16H20N4O. The molecule has 0 bridgehead atoms. The van der Waals surface area contributed by atoms with E-state index in [9.17, 15) is 4.79 Å². The highest BCUT2D eigenvalue weighted by molar-refractivity contribution is 6.04. The Morgan fingerprint density at radius 3 is 2.57 bits per heavy atom. The second-order valence-electron chi connectivity index (χ2n) is 4.93. The van der Waals surface area contributed by atoms with Crippen molar-refractivity contribution in [1.29, 1.82) is 0 Å². The predicted octanol–water partition coefficient (Wildman–Crippen LogP) is 2.88. The Bertz CT molecular complexity index is 623. The van der Waals surface area contributed by atoms with Gasteiger partial charge in [-0.2, -0.15) is 0 Å². The van der Waals surface area contributed by atoms with Crippen LogP contribution in [0.4, 0.5) is 11.5 Å². The lowest BCUT2D eigenvalue weighted by atomic mass is 10.1. The van der Waals surface area contributed by atoms with Crippen molar-refractivity contribution in [3.8, 4) is 0 Å². The summed E-state index contributed by atoms with van der Waals surface area (Å²) in [6.07, 6.45) is 2.15. The molecule has 2 rings (SSSR count). The van der Waals surface area contributed by atoms with Gasteiger partial charge in [0.05, 0.1) is 0 Å². The van der Waals surface area contributed by atoms with Crippen molar-refractivity contribution in [2.45, 2.75) is 26.7 Å². The number of anilines is 2. The summed E-state index contributed by atoms with van der Waals surface area (Å²) in [5, 5.41) is 2.87. The molecule has 0 radical (unpaired) electrons. The number of amides is 1. The number of aromatic nitrogens is 1. The topological polar surface area (TPSA) is 80.0 Å². The second kappa shape index (κ2) is 6.85. The fraction of sp³-hybridized carbons (Fsp3) is 0.250. The average Bonchev–Trinajstić information content (AvgIpc) is 2.48. The Balaban J connectivity index is 2.12. The zero-order valence-corrected chi connectivity index (χ0v) is 12.3. The van der Waals surface area contributed by atoms with Crippen molar-refractivity contribution >= 4 is 17.4 Å². The van der Waals surface area contributed by atoms with Crippen molar-refractivity contribution < 1.29 is 4.79 Å². The molecule has 0 aliphatic carbocycles. The monoisotopic (exact) mass is 284 g/mol. The lowest BCUT2D eigenvalue weighted by Crippen LogP contribution is -2.15. The Labute approximate surface area is 124 Å². The van der Waals surface area contributed by atoms with Gasteiger partial charge in [0.1, 0.15) is 5.82 Å². The van der Waals surface area contributed by atoms with Crippen LogP contribution in [0.2, 0.25) is 0 Å². The number of hydrogen-bond donors (Lipinski definition) is 3. The number of nitrogens with one attached hydrogen (secondary N) is 2. The molecule has 0 fully saturated rings. The van der Waals surface area contributed by atoms with E-state index in [1.165, 1.54) is 5.56 Å². The number of hydrazine groups is 1. The van der Waals surface area contributed by atoms with Crippen molar-refractivity contribution in [3.05, 3.63) is 53.2 Å². The van der Waals surface area contributed by atoms with Crippen molar-refractivity contribution in [3.63, 3.8) is 0 Å². The number of pyridine rings is 1. The predicted molar refractivity (Wildman–Crippen MR) is 85.2 cm³/mol. The van der Waals surface area contributed by atoms with Gasteiger partial charge in [-0.15, -0.1) is 0 Å². The number of nitrogen functional groups attached to an aromatic ring is 1. The van der Waals surface area contributed by atoms with Crippen LogP contribution in [0.1, 0.15) is 35.0 Å². The molecule has 0 saturated carbocycles. The van der Waals surface area contributed by atoms with Crippen LogP contribution in [-0.2, 0) is 6.42 Å². The molecule has 21 heavy (non-hydrogen) atoms. The number of rotatable bonds is 5. The van der Waals surface area contributed by atoms with Crippen LogP contribution in [0.5, 0.6) is 0 Å². The van der Waals surface area contributed by atoms with Gasteiger partial charge in [0.15, 0.2) is 0 Å². The molecule has 2 aromatic rings. The molecule has 0 spiro atoms. The summed E-state index contributed by atoms with van der Waals surface area (Å²) in [6.45, 7) is 3.96. The minimum atomic E-state index is -0.180. The van der Waals surface area contributed by atoms with Gasteiger partial charge in [-0.3, -0.25) is 4.79 Å². The Morgan fingerprint density at radius 2 is 1.95 bits per heavy atom. The molecule has 1 amide bonds. The largest absolute Gasteiger partial charge is 0.322 e. The fourth-order valence-corrected chi connectivity index (χ4v) is 2.12. The molecule has 0 atom stereocenters. The van der Waals surface area contributed by atoms with Crippen molar-refractivity contribution in [1.82, 2.24) is 4.98 Å². The number of carbonyl (C=O) groups is 1. The van der Waals surface area contributed by atoms with E-state index in [4.69, 9.17) is 5.84 Å². The average molecular weight is 284 g/mol. The summed E-state index contributed by atoms with van der Waals surface area (Å²) in [5.41, 5.74) is 5.75. The minimum absolute atomic E-state index is 0.180. The van der Waals surface area contributed by atoms with Gasteiger partial charge in [-0.1, -0.05) is 25.5 Å². The SMILES string of the molecule is CCCc1ccc(NC(=O)c2cc(C)nc(NN)c2)cc1. The first-order chi connectivity index (χ1) is 10.1. The third kappa shape index (κ3) is 4.03. The molecule has 110 valence electrons. The number of hydrogen-bond acceptors (Lipinski definition) is 4. The zero-order valence-electron chi connectivity index (χ0n) is 12.3. The van der Waals surface area contributed by atoms with E-state index < -0.39 is 0 Å². The fourth-order valence-electron chi connectivity index (χ4n) is 2.12. The van der Waals surface area contributed by atoms with E-state index >= 15 is 0 Å². The molecule has 0 saturated heterocycles. The number of nitrogens with zero attached hydrogens (tertiary/aromatic N) is 1. The van der Waals surface area contributed by atoms with Crippen LogP contribution in [0.15, 0.2) is 36.4 Å². The Morgan fingerprint density at radius 1 is 1.24 bits per heavy atom. The van der Waals surface area contributed by atoms with Gasteiger partial charge < -0.3 is 10.7 Å². The van der Waals surface area contributed by atoms with Crippen molar-refractivity contribution in [2.24, 2.45) is 5.84 Å². The maximum absolute atomic E-state index is 12.2. The molecule has 4 N–H and O–H groups in total. The number of carbonyl (C=O) groups excluding carboxylic acids is 1. The molecular weight excluding hydrogens is 264 g/mol. The number of nitrogens with two attached hydrogens (primary N) is 1. The van der Waals surface area contributed by atoms with E-state index in [1.807, 2.05) is 31.2 Å². The smallest absolute Gasteiger partial charge is 0.255 e. The number of benzene rings is 1. The van der Waals surface area contributed by atoms with E-state index in [-0.39, 0.29) is 5.91 Å². The van der Waals surface area contributed by atoms with Crippen LogP contribution in [0, 0.1) is 6.92 Å². The van der Waals surface area contributed by atoms with Gasteiger partial charge in [0.25, 0.3) is 5.91 Å². The summed E-state index contributed by atoms with van der Waals surface area (Å²) in [4.78, 5) is 16.4. The van der Waals surface area contributed by atoms with Crippen LogP contribution in [0.3, 0.4) is 0 Å². The normalized spacial score (nSPS) is 10.2. The summed E-state index contributed by atoms with van der Waals surface area (Å²) in [6, 6.07) is 11.2. The summed E-state index contributed by atoms with van der Waals surface area (Å²) in [7, 11) is 0. The number of aryl methyl sites for hydroxylation is 2. The van der Waals surface area contributed by atoms with E-state index in [0.717, 1.165) is 24.2 Å². The van der Waals surface area contributed by atoms with Crippen LogP contribution in [0.25, 0.3) is 0 Å². The molecule has 0 unspecified atom stereocenters. The van der Waals surface area contributed by atoms with Gasteiger partial charge >= 0.3 is 0 Å². The highest BCUT2D eigenvalue weighted by Gasteiger charge is 2.08. The van der Waals surface area contributed by atoms with Crippen LogP contribution in [-0.4, -0.2) is 10.9 Å². The molecule has 5 nitrogen and oxygen atoms in total. The summed E-state index contributed by atoms with van der Waals surface area (Å²) >= 11 is 0. The van der Waals surface area contributed by atoms with Crippen molar-refractivity contribution in [2.75, 3.05) is 10.7 Å². The first-order valence-corrected chi connectivity index (χ1v) is 6.98. The molecule has 0 aliphatic rings. The molecule has 0 aliphatic heterocycles. The van der Waals surface area contributed by atoms with Gasteiger partial charge in [-0.05, 0) is 43.2 Å². The lowest BCUT2D eigenvalue weighted by molar-refractivity contribution is 0.102. The van der Waals surface area contributed by atoms with Gasteiger partial charge in [-0.25, -0.2) is 10.8 Å². The second-order valence-corrected chi connectivity index (χ2v) is 4.93.